The molecule has 0 saturated carbocycles. The standard InChI is InChI=1S/C27H46O2/c1-5-8-11-13-15-17-23-19-20-25(27(28)29)24(18-10-7-3)26(23)21-22(4)16-14-12-9-6-2/h19-20,22H,5-18,21H2,1-4H3,(H,28,29). The Bertz CT molecular complexity index is 576. The van der Waals surface area contributed by atoms with Crippen molar-refractivity contribution in [2.75, 3.05) is 0 Å². The zero-order valence-corrected chi connectivity index (χ0v) is 19.7. The Balaban J connectivity index is 3.00. The fourth-order valence-corrected chi connectivity index (χ4v) is 4.36. The molecule has 2 heteroatoms. The van der Waals surface area contributed by atoms with Crippen LogP contribution in [0.3, 0.4) is 0 Å². The summed E-state index contributed by atoms with van der Waals surface area (Å²) in [5.74, 6) is -0.141. The summed E-state index contributed by atoms with van der Waals surface area (Å²) in [4.78, 5) is 11.9. The summed E-state index contributed by atoms with van der Waals surface area (Å²) in [5.41, 5.74) is 4.46. The Morgan fingerprint density at radius 3 is 2.03 bits per heavy atom. The molecular formula is C27H46O2. The van der Waals surface area contributed by atoms with Crippen molar-refractivity contribution in [3.63, 3.8) is 0 Å². The molecule has 0 amide bonds. The predicted octanol–water partition coefficient (Wildman–Crippen LogP) is 8.39. The molecule has 1 atom stereocenters. The Labute approximate surface area is 180 Å². The normalized spacial score (nSPS) is 12.3. The van der Waals surface area contributed by atoms with Gasteiger partial charge >= 0.3 is 5.97 Å². The fourth-order valence-electron chi connectivity index (χ4n) is 4.36. The van der Waals surface area contributed by atoms with Gasteiger partial charge in [0.2, 0.25) is 0 Å². The van der Waals surface area contributed by atoms with E-state index in [4.69, 9.17) is 0 Å². The lowest BCUT2D eigenvalue weighted by Crippen LogP contribution is -2.12. The lowest BCUT2D eigenvalue weighted by molar-refractivity contribution is 0.0695. The second kappa shape index (κ2) is 15.5. The molecule has 29 heavy (non-hydrogen) atoms. The molecule has 0 heterocycles. The molecule has 1 aromatic carbocycles. The topological polar surface area (TPSA) is 37.3 Å². The van der Waals surface area contributed by atoms with E-state index in [2.05, 4.69) is 33.8 Å². The molecule has 1 N–H and O–H groups in total. The molecule has 0 bridgehead atoms. The minimum atomic E-state index is -0.762. The maximum absolute atomic E-state index is 11.9. The lowest BCUT2D eigenvalue weighted by Gasteiger charge is -2.21. The van der Waals surface area contributed by atoms with E-state index in [-0.39, 0.29) is 0 Å². The van der Waals surface area contributed by atoms with Gasteiger partial charge in [-0.15, -0.1) is 0 Å². The van der Waals surface area contributed by atoms with Crippen LogP contribution in [-0.4, -0.2) is 11.1 Å². The average Bonchev–Trinajstić information content (AvgIpc) is 2.70. The number of aryl methyl sites for hydroxylation is 1. The van der Waals surface area contributed by atoms with Crippen LogP contribution < -0.4 is 0 Å². The molecule has 1 aromatic rings. The van der Waals surface area contributed by atoms with Gasteiger partial charge in [0.1, 0.15) is 0 Å². The monoisotopic (exact) mass is 402 g/mol. The highest BCUT2D eigenvalue weighted by atomic mass is 16.4. The first-order valence-corrected chi connectivity index (χ1v) is 12.4. The second-order valence-electron chi connectivity index (χ2n) is 8.96. The second-order valence-corrected chi connectivity index (χ2v) is 8.96. The average molecular weight is 403 g/mol. The lowest BCUT2D eigenvalue weighted by atomic mass is 9.84. The third kappa shape index (κ3) is 9.83. The molecular weight excluding hydrogens is 356 g/mol. The summed E-state index contributed by atoms with van der Waals surface area (Å²) in [5, 5.41) is 9.79. The largest absolute Gasteiger partial charge is 0.478 e. The van der Waals surface area contributed by atoms with Crippen molar-refractivity contribution >= 4 is 5.97 Å². The molecule has 166 valence electrons. The van der Waals surface area contributed by atoms with Gasteiger partial charge in [-0.05, 0) is 60.8 Å². The van der Waals surface area contributed by atoms with Crippen molar-refractivity contribution < 1.29 is 9.90 Å². The van der Waals surface area contributed by atoms with Crippen LogP contribution in [0.15, 0.2) is 12.1 Å². The van der Waals surface area contributed by atoms with Crippen LogP contribution in [0.2, 0.25) is 0 Å². The minimum absolute atomic E-state index is 0.543. The van der Waals surface area contributed by atoms with Crippen molar-refractivity contribution in [1.82, 2.24) is 0 Å². The predicted molar refractivity (Wildman–Crippen MR) is 126 cm³/mol. The van der Waals surface area contributed by atoms with Gasteiger partial charge in [0, 0.05) is 0 Å². The summed E-state index contributed by atoms with van der Waals surface area (Å²) in [6, 6.07) is 4.00. The highest BCUT2D eigenvalue weighted by Crippen LogP contribution is 2.28. The quantitative estimate of drug-likeness (QED) is 0.266. The maximum Gasteiger partial charge on any atom is 0.335 e. The summed E-state index contributed by atoms with van der Waals surface area (Å²) in [6.45, 7) is 9.06. The van der Waals surface area contributed by atoms with Crippen LogP contribution >= 0.6 is 0 Å². The first-order valence-electron chi connectivity index (χ1n) is 12.4. The van der Waals surface area contributed by atoms with E-state index in [1.165, 1.54) is 75.3 Å². The summed E-state index contributed by atoms with van der Waals surface area (Å²) in [7, 11) is 0. The van der Waals surface area contributed by atoms with Gasteiger partial charge in [-0.2, -0.15) is 0 Å². The van der Waals surface area contributed by atoms with E-state index in [9.17, 15) is 9.90 Å². The SMILES string of the molecule is CCCCCCCc1ccc(C(=O)O)c(CCCC)c1CC(C)CCCCCC. The fraction of sp³-hybridized carbons (Fsp3) is 0.741. The van der Waals surface area contributed by atoms with E-state index >= 15 is 0 Å². The summed E-state index contributed by atoms with van der Waals surface area (Å²) in [6.07, 6.45) is 18.1. The van der Waals surface area contributed by atoms with Gasteiger partial charge in [0.15, 0.2) is 0 Å². The van der Waals surface area contributed by atoms with Crippen molar-refractivity contribution in [1.29, 1.82) is 0 Å². The number of aromatic carboxylic acids is 1. The van der Waals surface area contributed by atoms with Crippen LogP contribution in [0, 0.1) is 5.92 Å². The molecule has 0 fully saturated rings. The Hall–Kier alpha value is -1.31. The minimum Gasteiger partial charge on any atom is -0.478 e. The molecule has 1 unspecified atom stereocenters. The third-order valence-corrected chi connectivity index (χ3v) is 6.19. The first kappa shape index (κ1) is 25.7. The van der Waals surface area contributed by atoms with Crippen LogP contribution in [-0.2, 0) is 19.3 Å². The van der Waals surface area contributed by atoms with Crippen molar-refractivity contribution in [2.24, 2.45) is 5.92 Å². The molecule has 0 aliphatic heterocycles. The number of carboxylic acid groups (broad SMARTS) is 1. The number of benzene rings is 1. The van der Waals surface area contributed by atoms with E-state index in [0.717, 1.165) is 37.7 Å². The smallest absolute Gasteiger partial charge is 0.335 e. The number of carboxylic acids is 1. The summed E-state index contributed by atoms with van der Waals surface area (Å²) < 4.78 is 0. The maximum atomic E-state index is 11.9. The van der Waals surface area contributed by atoms with Gasteiger partial charge < -0.3 is 5.11 Å². The zero-order valence-electron chi connectivity index (χ0n) is 19.7. The molecule has 0 radical (unpaired) electrons. The molecule has 0 aliphatic rings. The highest BCUT2D eigenvalue weighted by molar-refractivity contribution is 5.90. The zero-order chi connectivity index (χ0) is 21.5. The van der Waals surface area contributed by atoms with Gasteiger partial charge in [-0.1, -0.05) is 98.0 Å². The van der Waals surface area contributed by atoms with Crippen molar-refractivity contribution in [2.45, 2.75) is 124 Å². The van der Waals surface area contributed by atoms with Gasteiger partial charge in [-0.3, -0.25) is 0 Å². The molecule has 0 saturated heterocycles. The highest BCUT2D eigenvalue weighted by Gasteiger charge is 2.19. The number of rotatable bonds is 17. The molecule has 0 aromatic heterocycles. The molecule has 0 spiro atoms. The Kier molecular flexibility index (Phi) is 13.8. The van der Waals surface area contributed by atoms with Gasteiger partial charge in [0.05, 0.1) is 5.56 Å². The van der Waals surface area contributed by atoms with Crippen molar-refractivity contribution in [3.05, 3.63) is 34.4 Å². The van der Waals surface area contributed by atoms with Crippen LogP contribution in [0.25, 0.3) is 0 Å². The number of carbonyl (C=O) groups is 1. The van der Waals surface area contributed by atoms with Crippen LogP contribution in [0.5, 0.6) is 0 Å². The Morgan fingerprint density at radius 2 is 1.41 bits per heavy atom. The summed E-state index contributed by atoms with van der Waals surface area (Å²) >= 11 is 0. The number of hydrogen-bond donors (Lipinski definition) is 1. The molecule has 0 aliphatic carbocycles. The first-order chi connectivity index (χ1) is 14.0. The molecule has 2 nitrogen and oxygen atoms in total. The van der Waals surface area contributed by atoms with E-state index in [1.807, 2.05) is 6.07 Å². The van der Waals surface area contributed by atoms with Crippen LogP contribution in [0.1, 0.15) is 132 Å². The van der Waals surface area contributed by atoms with E-state index in [0.29, 0.717) is 11.5 Å². The van der Waals surface area contributed by atoms with Gasteiger partial charge in [0.25, 0.3) is 0 Å². The van der Waals surface area contributed by atoms with Crippen molar-refractivity contribution in [3.8, 4) is 0 Å². The Morgan fingerprint density at radius 1 is 0.793 bits per heavy atom. The number of unbranched alkanes of at least 4 members (excludes halogenated alkanes) is 8. The van der Waals surface area contributed by atoms with E-state index < -0.39 is 5.97 Å². The number of hydrogen-bond acceptors (Lipinski definition) is 1. The molecule has 1 rings (SSSR count). The van der Waals surface area contributed by atoms with Crippen LogP contribution in [0.4, 0.5) is 0 Å². The third-order valence-electron chi connectivity index (χ3n) is 6.19. The van der Waals surface area contributed by atoms with E-state index in [1.54, 1.807) is 0 Å². The van der Waals surface area contributed by atoms with Gasteiger partial charge in [-0.25, -0.2) is 4.79 Å².